The van der Waals surface area contributed by atoms with Crippen LogP contribution in [0.15, 0.2) is 17.1 Å². The minimum absolute atomic E-state index is 0.0196. The number of hydrogen-bond acceptors (Lipinski definition) is 5. The molecule has 0 atom stereocenters. The molecule has 1 amide bonds. The number of anilines is 1. The highest BCUT2D eigenvalue weighted by molar-refractivity contribution is 5.98. The molecule has 2 aromatic rings. The normalized spacial score (nSPS) is 13.7. The third-order valence-electron chi connectivity index (χ3n) is 2.31. The van der Waals surface area contributed by atoms with Crippen LogP contribution in [0, 0.1) is 0 Å². The zero-order valence-corrected chi connectivity index (χ0v) is 8.91. The average Bonchev–Trinajstić information content (AvgIpc) is 2.37. The summed E-state index contributed by atoms with van der Waals surface area (Å²) < 4.78 is 21.8. The first-order valence-electron chi connectivity index (χ1n) is 6.27. The number of pyridine rings is 1. The minimum atomic E-state index is -3.04. The SMILES string of the molecule is [2H]C([2H])([2H])N(C(=O)O)c1nccc2c(CO)n[nH]c(=O)c12. The van der Waals surface area contributed by atoms with Gasteiger partial charge in [0.15, 0.2) is 5.82 Å². The molecule has 2 heterocycles. The lowest BCUT2D eigenvalue weighted by Crippen LogP contribution is -2.27. The number of aliphatic hydroxyl groups is 1. The number of carbonyl (C=O) groups is 1. The first kappa shape index (κ1) is 8.59. The zero-order chi connectivity index (χ0) is 15.8. The van der Waals surface area contributed by atoms with Crippen molar-refractivity contribution >= 4 is 22.7 Å². The van der Waals surface area contributed by atoms with E-state index in [9.17, 15) is 14.7 Å². The molecule has 0 aliphatic heterocycles. The summed E-state index contributed by atoms with van der Waals surface area (Å²) in [7, 11) is 0. The first-order valence-corrected chi connectivity index (χ1v) is 4.77. The Hall–Kier alpha value is -2.48. The maximum atomic E-state index is 11.9. The van der Waals surface area contributed by atoms with Gasteiger partial charge in [-0.1, -0.05) is 0 Å². The van der Waals surface area contributed by atoms with Gasteiger partial charge in [-0.2, -0.15) is 5.10 Å². The number of nitrogens with zero attached hydrogens (tertiary/aromatic N) is 3. The number of amides is 1. The summed E-state index contributed by atoms with van der Waals surface area (Å²) in [5.41, 5.74) is -0.732. The minimum Gasteiger partial charge on any atom is -0.465 e. The second kappa shape index (κ2) is 4.41. The van der Waals surface area contributed by atoms with Crippen molar-refractivity contribution in [3.05, 3.63) is 28.3 Å². The third-order valence-corrected chi connectivity index (χ3v) is 2.31. The van der Waals surface area contributed by atoms with Gasteiger partial charge in [0.05, 0.1) is 17.7 Å². The molecule has 0 bridgehead atoms. The van der Waals surface area contributed by atoms with Crippen LogP contribution in [-0.2, 0) is 6.61 Å². The molecule has 2 aromatic heterocycles. The molecular formula is C10H10N4O4. The number of aromatic amines is 1. The van der Waals surface area contributed by atoms with Crippen LogP contribution in [0.3, 0.4) is 0 Å². The molecule has 0 saturated carbocycles. The topological polar surface area (TPSA) is 119 Å². The van der Waals surface area contributed by atoms with E-state index in [2.05, 4.69) is 15.2 Å². The summed E-state index contributed by atoms with van der Waals surface area (Å²) >= 11 is 0. The summed E-state index contributed by atoms with van der Waals surface area (Å²) in [6.45, 7) is -3.56. The number of rotatable bonds is 2. The van der Waals surface area contributed by atoms with Crippen molar-refractivity contribution in [2.24, 2.45) is 0 Å². The molecule has 94 valence electrons. The Morgan fingerprint density at radius 3 is 3.06 bits per heavy atom. The smallest absolute Gasteiger partial charge is 0.412 e. The van der Waals surface area contributed by atoms with Crippen LogP contribution in [0.25, 0.3) is 10.8 Å². The molecule has 0 fully saturated rings. The maximum Gasteiger partial charge on any atom is 0.412 e. The molecule has 8 heteroatoms. The van der Waals surface area contributed by atoms with Gasteiger partial charge in [-0.25, -0.2) is 14.9 Å². The lowest BCUT2D eigenvalue weighted by molar-refractivity contribution is 0.203. The Morgan fingerprint density at radius 2 is 2.44 bits per heavy atom. The fraction of sp³-hybridized carbons (Fsp3) is 0.200. The molecule has 0 radical (unpaired) electrons. The number of aliphatic hydroxyl groups excluding tert-OH is 1. The van der Waals surface area contributed by atoms with Crippen LogP contribution >= 0.6 is 0 Å². The van der Waals surface area contributed by atoms with Gasteiger partial charge >= 0.3 is 6.09 Å². The van der Waals surface area contributed by atoms with Crippen LogP contribution < -0.4 is 10.5 Å². The van der Waals surface area contributed by atoms with Crippen molar-refractivity contribution < 1.29 is 19.1 Å². The molecule has 0 saturated heterocycles. The number of fused-ring (bicyclic) bond motifs is 1. The van der Waals surface area contributed by atoms with Crippen LogP contribution in [0.4, 0.5) is 10.6 Å². The highest BCUT2D eigenvalue weighted by Gasteiger charge is 2.17. The van der Waals surface area contributed by atoms with E-state index in [1.165, 1.54) is 6.07 Å². The molecule has 0 aliphatic carbocycles. The molecule has 0 aliphatic rings. The van der Waals surface area contributed by atoms with E-state index in [-0.39, 0.29) is 21.4 Å². The Morgan fingerprint density at radius 1 is 1.67 bits per heavy atom. The summed E-state index contributed by atoms with van der Waals surface area (Å²) in [6, 6.07) is 1.34. The van der Waals surface area contributed by atoms with E-state index in [0.29, 0.717) is 0 Å². The summed E-state index contributed by atoms with van der Waals surface area (Å²) in [5.74, 6) is -0.543. The Kier molecular flexibility index (Phi) is 2.11. The van der Waals surface area contributed by atoms with Gasteiger partial charge in [-0.15, -0.1) is 0 Å². The molecule has 0 spiro atoms. The monoisotopic (exact) mass is 253 g/mol. The highest BCUT2D eigenvalue weighted by atomic mass is 16.4. The Labute approximate surface area is 105 Å². The predicted molar refractivity (Wildman–Crippen MR) is 62.5 cm³/mol. The molecule has 3 N–H and O–H groups in total. The number of carboxylic acid groups (broad SMARTS) is 1. The van der Waals surface area contributed by atoms with Crippen LogP contribution in [-0.4, -0.2) is 38.5 Å². The second-order valence-corrected chi connectivity index (χ2v) is 3.33. The van der Waals surface area contributed by atoms with Crippen molar-refractivity contribution in [3.63, 3.8) is 0 Å². The van der Waals surface area contributed by atoms with Gasteiger partial charge < -0.3 is 10.2 Å². The van der Waals surface area contributed by atoms with E-state index in [1.54, 1.807) is 0 Å². The van der Waals surface area contributed by atoms with Gasteiger partial charge in [0.2, 0.25) is 0 Å². The molecule has 8 nitrogen and oxygen atoms in total. The quantitative estimate of drug-likeness (QED) is 0.688. The average molecular weight is 253 g/mol. The van der Waals surface area contributed by atoms with E-state index < -0.39 is 31.1 Å². The van der Waals surface area contributed by atoms with E-state index in [4.69, 9.17) is 9.22 Å². The van der Waals surface area contributed by atoms with Crippen LogP contribution in [0.2, 0.25) is 0 Å². The molecule has 18 heavy (non-hydrogen) atoms. The van der Waals surface area contributed by atoms with E-state index in [1.807, 2.05) is 0 Å². The summed E-state index contributed by atoms with van der Waals surface area (Å²) in [4.78, 5) is 26.8. The Balaban J connectivity index is 2.87. The molecule has 0 unspecified atom stereocenters. The summed E-state index contributed by atoms with van der Waals surface area (Å²) in [5, 5.41) is 23.8. The van der Waals surface area contributed by atoms with Crippen molar-refractivity contribution in [2.45, 2.75) is 6.61 Å². The van der Waals surface area contributed by atoms with Gasteiger partial charge in [0, 0.05) is 22.7 Å². The fourth-order valence-corrected chi connectivity index (χ4v) is 1.53. The lowest BCUT2D eigenvalue weighted by atomic mass is 10.1. The highest BCUT2D eigenvalue weighted by Crippen LogP contribution is 2.21. The van der Waals surface area contributed by atoms with E-state index >= 15 is 0 Å². The zero-order valence-electron chi connectivity index (χ0n) is 11.9. The van der Waals surface area contributed by atoms with Gasteiger partial charge in [0.25, 0.3) is 5.56 Å². The number of hydrogen-bond donors (Lipinski definition) is 3. The van der Waals surface area contributed by atoms with Crippen molar-refractivity contribution in [1.82, 2.24) is 15.2 Å². The maximum absolute atomic E-state index is 11.9. The fourth-order valence-electron chi connectivity index (χ4n) is 1.53. The molecule has 2 rings (SSSR count). The summed E-state index contributed by atoms with van der Waals surface area (Å²) in [6.07, 6.45) is -0.642. The molecular weight excluding hydrogens is 240 g/mol. The lowest BCUT2D eigenvalue weighted by Gasteiger charge is -2.14. The number of nitrogens with one attached hydrogen (secondary N) is 1. The van der Waals surface area contributed by atoms with Crippen molar-refractivity contribution in [3.8, 4) is 0 Å². The van der Waals surface area contributed by atoms with Gasteiger partial charge in [-0.3, -0.25) is 9.69 Å². The third kappa shape index (κ3) is 1.78. The largest absolute Gasteiger partial charge is 0.465 e. The van der Waals surface area contributed by atoms with Crippen LogP contribution in [0.5, 0.6) is 0 Å². The predicted octanol–water partition coefficient (Wildman–Crippen LogP) is -0.0754. The first-order chi connectivity index (χ1) is 9.77. The van der Waals surface area contributed by atoms with Crippen LogP contribution in [0.1, 0.15) is 9.81 Å². The van der Waals surface area contributed by atoms with Gasteiger partial charge in [0.1, 0.15) is 0 Å². The standard InChI is InChI=1S/C10H10N4O4/c1-14(10(17)18)8-7-5(2-3-11-8)6(4-15)12-13-9(7)16/h2-3,15H,4H2,1H3,(H,13,16)(H,17,18)/i1D3. The Bertz CT molecular complexity index is 758. The van der Waals surface area contributed by atoms with E-state index in [0.717, 1.165) is 6.20 Å². The van der Waals surface area contributed by atoms with Crippen molar-refractivity contribution in [2.75, 3.05) is 11.9 Å². The molecule has 0 aromatic carbocycles. The number of aromatic nitrogens is 3. The second-order valence-electron chi connectivity index (χ2n) is 3.33. The van der Waals surface area contributed by atoms with Crippen molar-refractivity contribution in [1.29, 1.82) is 0 Å². The van der Waals surface area contributed by atoms with Gasteiger partial charge in [-0.05, 0) is 6.07 Å². The number of H-pyrrole nitrogens is 1.